The zero-order chi connectivity index (χ0) is 30.3. The molecular formula is C29H31Cl3FN3O4S. The van der Waals surface area contributed by atoms with E-state index in [-0.39, 0.29) is 45.5 Å². The maximum atomic E-state index is 14.1. The molecule has 0 aromatic heterocycles. The number of hydrogen-bond donors (Lipinski definition) is 1. The van der Waals surface area contributed by atoms with E-state index in [4.69, 9.17) is 34.8 Å². The fourth-order valence-corrected chi connectivity index (χ4v) is 6.15. The van der Waals surface area contributed by atoms with E-state index in [1.54, 1.807) is 37.3 Å². The van der Waals surface area contributed by atoms with E-state index in [1.165, 1.54) is 29.2 Å². The van der Waals surface area contributed by atoms with Gasteiger partial charge >= 0.3 is 0 Å². The van der Waals surface area contributed by atoms with Gasteiger partial charge in [-0.15, -0.1) is 0 Å². The number of anilines is 1. The number of hydrogen-bond acceptors (Lipinski definition) is 4. The topological polar surface area (TPSA) is 86.8 Å². The molecule has 2 amide bonds. The van der Waals surface area contributed by atoms with Gasteiger partial charge in [0.15, 0.2) is 0 Å². The predicted octanol–water partition coefficient (Wildman–Crippen LogP) is 6.70. The first-order chi connectivity index (χ1) is 19.4. The molecule has 220 valence electrons. The van der Waals surface area contributed by atoms with E-state index in [0.29, 0.717) is 17.0 Å². The first kappa shape index (κ1) is 32.7. The van der Waals surface area contributed by atoms with Crippen molar-refractivity contribution in [3.8, 4) is 0 Å². The van der Waals surface area contributed by atoms with Gasteiger partial charge in [-0.3, -0.25) is 13.9 Å². The Bertz CT molecular complexity index is 1490. The van der Waals surface area contributed by atoms with Crippen LogP contribution in [0.15, 0.2) is 71.6 Å². The Labute approximate surface area is 255 Å². The third kappa shape index (κ3) is 8.13. The predicted molar refractivity (Wildman–Crippen MR) is 161 cm³/mol. The van der Waals surface area contributed by atoms with Gasteiger partial charge in [-0.05, 0) is 67.8 Å². The number of sulfonamides is 1. The molecule has 0 spiro atoms. The van der Waals surface area contributed by atoms with Crippen molar-refractivity contribution in [3.63, 3.8) is 0 Å². The molecule has 41 heavy (non-hydrogen) atoms. The Kier molecular flexibility index (Phi) is 11.4. The maximum Gasteiger partial charge on any atom is 0.264 e. The summed E-state index contributed by atoms with van der Waals surface area (Å²) in [5, 5.41) is 3.27. The summed E-state index contributed by atoms with van der Waals surface area (Å²) in [5.74, 6) is -1.81. The van der Waals surface area contributed by atoms with Gasteiger partial charge < -0.3 is 10.2 Å². The van der Waals surface area contributed by atoms with Gasteiger partial charge in [0.05, 0.1) is 15.6 Å². The summed E-state index contributed by atoms with van der Waals surface area (Å²) in [4.78, 5) is 28.6. The monoisotopic (exact) mass is 641 g/mol. The van der Waals surface area contributed by atoms with Gasteiger partial charge in [0, 0.05) is 22.6 Å². The normalized spacial score (nSPS) is 12.9. The lowest BCUT2D eigenvalue weighted by atomic mass is 10.1. The molecular weight excluding hydrogens is 612 g/mol. The van der Waals surface area contributed by atoms with E-state index >= 15 is 0 Å². The van der Waals surface area contributed by atoms with Crippen LogP contribution in [0, 0.1) is 5.82 Å². The Balaban J connectivity index is 2.10. The molecule has 0 aliphatic rings. The van der Waals surface area contributed by atoms with Crippen molar-refractivity contribution in [3.05, 3.63) is 93.2 Å². The molecule has 3 aromatic rings. The van der Waals surface area contributed by atoms with Crippen LogP contribution in [0.4, 0.5) is 10.1 Å². The average Bonchev–Trinajstić information content (AvgIpc) is 2.94. The van der Waals surface area contributed by atoms with Crippen molar-refractivity contribution in [1.29, 1.82) is 0 Å². The molecule has 2 atom stereocenters. The number of amides is 2. The Morgan fingerprint density at radius 1 is 0.927 bits per heavy atom. The zero-order valence-corrected chi connectivity index (χ0v) is 25.9. The minimum Gasteiger partial charge on any atom is -0.352 e. The quantitative estimate of drug-likeness (QED) is 0.238. The summed E-state index contributed by atoms with van der Waals surface area (Å²) in [6.07, 6.45) is 0.917. The molecule has 0 bridgehead atoms. The molecule has 0 saturated carbocycles. The SMILES string of the molecule is CC[C@H](C(=O)N[C@@H](C)CC)N(Cc1ccc(Cl)cc1Cl)C(=O)CN(c1ccc(F)c(Cl)c1)S(=O)(=O)c1ccccc1. The van der Waals surface area contributed by atoms with Crippen molar-refractivity contribution in [2.24, 2.45) is 0 Å². The first-order valence-corrected chi connectivity index (χ1v) is 15.5. The second-order valence-corrected chi connectivity index (χ2v) is 12.5. The van der Waals surface area contributed by atoms with Crippen LogP contribution in [-0.4, -0.2) is 43.8 Å². The van der Waals surface area contributed by atoms with Gasteiger partial charge in [0.1, 0.15) is 18.4 Å². The summed E-state index contributed by atoms with van der Waals surface area (Å²) in [7, 11) is -4.31. The second-order valence-electron chi connectivity index (χ2n) is 9.42. The summed E-state index contributed by atoms with van der Waals surface area (Å²) in [6, 6.07) is 14.6. The van der Waals surface area contributed by atoms with Gasteiger partial charge in [-0.2, -0.15) is 0 Å². The minimum absolute atomic E-state index is 0.0183. The van der Waals surface area contributed by atoms with Crippen LogP contribution >= 0.6 is 34.8 Å². The van der Waals surface area contributed by atoms with E-state index < -0.39 is 34.3 Å². The number of carbonyl (C=O) groups excluding carboxylic acids is 2. The Hall–Kier alpha value is -2.85. The number of nitrogens with zero attached hydrogens (tertiary/aromatic N) is 2. The van der Waals surface area contributed by atoms with Crippen molar-refractivity contribution in [2.45, 2.75) is 57.1 Å². The number of benzene rings is 3. The molecule has 0 radical (unpaired) electrons. The van der Waals surface area contributed by atoms with Gasteiger partial charge in [0.25, 0.3) is 10.0 Å². The van der Waals surface area contributed by atoms with Crippen LogP contribution in [0.2, 0.25) is 15.1 Å². The molecule has 0 fully saturated rings. The van der Waals surface area contributed by atoms with Gasteiger partial charge in [0.2, 0.25) is 11.8 Å². The second kappa shape index (κ2) is 14.4. The summed E-state index contributed by atoms with van der Waals surface area (Å²) in [6.45, 7) is 4.73. The molecule has 3 rings (SSSR count). The van der Waals surface area contributed by atoms with Crippen molar-refractivity contribution >= 4 is 62.3 Å². The highest BCUT2D eigenvalue weighted by molar-refractivity contribution is 7.92. The third-order valence-corrected chi connectivity index (χ3v) is 9.21. The summed E-state index contributed by atoms with van der Waals surface area (Å²) >= 11 is 18.5. The van der Waals surface area contributed by atoms with Crippen LogP contribution in [0.25, 0.3) is 0 Å². The average molecular weight is 643 g/mol. The number of rotatable bonds is 12. The van der Waals surface area contributed by atoms with Crippen LogP contribution in [0.1, 0.15) is 39.2 Å². The van der Waals surface area contributed by atoms with Gasteiger partial charge in [-0.1, -0.05) is 72.9 Å². The number of carbonyl (C=O) groups is 2. The molecule has 1 N–H and O–H groups in total. The number of nitrogens with one attached hydrogen (secondary N) is 1. The maximum absolute atomic E-state index is 14.1. The first-order valence-electron chi connectivity index (χ1n) is 13.0. The third-order valence-electron chi connectivity index (χ3n) is 6.54. The fraction of sp³-hybridized carbons (Fsp3) is 0.310. The van der Waals surface area contributed by atoms with E-state index in [2.05, 4.69) is 5.32 Å². The van der Waals surface area contributed by atoms with Crippen LogP contribution < -0.4 is 9.62 Å². The Morgan fingerprint density at radius 3 is 2.20 bits per heavy atom. The smallest absolute Gasteiger partial charge is 0.264 e. The number of halogens is 4. The van der Waals surface area contributed by atoms with Crippen LogP contribution in [0.3, 0.4) is 0 Å². The molecule has 0 saturated heterocycles. The lowest BCUT2D eigenvalue weighted by Crippen LogP contribution is -2.53. The summed E-state index contributed by atoms with van der Waals surface area (Å²) in [5.41, 5.74) is 0.497. The van der Waals surface area contributed by atoms with Crippen molar-refractivity contribution in [2.75, 3.05) is 10.8 Å². The largest absolute Gasteiger partial charge is 0.352 e. The highest BCUT2D eigenvalue weighted by Gasteiger charge is 2.34. The fourth-order valence-electron chi connectivity index (χ4n) is 4.08. The standard InChI is InChI=1S/C29H31Cl3FN3O4S/c1-4-19(3)34-29(38)27(5-2)35(17-20-11-12-21(30)15-24(20)31)28(37)18-36(22-13-14-26(33)25(32)16-22)41(39,40)23-9-7-6-8-10-23/h6-16,19,27H,4-5,17-18H2,1-3H3,(H,34,38)/t19-,27+/m0/s1. The van der Waals surface area contributed by atoms with E-state index in [9.17, 15) is 22.4 Å². The van der Waals surface area contributed by atoms with Crippen molar-refractivity contribution < 1.29 is 22.4 Å². The highest BCUT2D eigenvalue weighted by atomic mass is 35.5. The van der Waals surface area contributed by atoms with E-state index in [0.717, 1.165) is 16.4 Å². The molecule has 7 nitrogen and oxygen atoms in total. The van der Waals surface area contributed by atoms with E-state index in [1.807, 2.05) is 13.8 Å². The molecule has 0 aliphatic heterocycles. The molecule has 0 aliphatic carbocycles. The molecule has 0 heterocycles. The van der Waals surface area contributed by atoms with Crippen molar-refractivity contribution in [1.82, 2.24) is 10.2 Å². The summed E-state index contributed by atoms with van der Waals surface area (Å²) < 4.78 is 42.5. The molecule has 12 heteroatoms. The minimum atomic E-state index is -4.31. The van der Waals surface area contributed by atoms with Crippen LogP contribution in [-0.2, 0) is 26.2 Å². The van der Waals surface area contributed by atoms with Crippen LogP contribution in [0.5, 0.6) is 0 Å². The highest BCUT2D eigenvalue weighted by Crippen LogP contribution is 2.29. The Morgan fingerprint density at radius 2 is 1.61 bits per heavy atom. The van der Waals surface area contributed by atoms with Gasteiger partial charge in [-0.25, -0.2) is 12.8 Å². The lowest BCUT2D eigenvalue weighted by Gasteiger charge is -2.34. The molecule has 3 aromatic carbocycles. The lowest BCUT2D eigenvalue weighted by molar-refractivity contribution is -0.140. The zero-order valence-electron chi connectivity index (χ0n) is 22.8. The molecule has 0 unspecified atom stereocenters.